The number of hydrogen-bond donors (Lipinski definition) is 2. The third-order valence-electron chi connectivity index (χ3n) is 7.36. The summed E-state index contributed by atoms with van der Waals surface area (Å²) >= 11 is 0. The second kappa shape index (κ2) is 17.9. The van der Waals surface area contributed by atoms with E-state index in [-0.39, 0.29) is 11.9 Å². The molecule has 0 bridgehead atoms. The van der Waals surface area contributed by atoms with Crippen LogP contribution in [0.5, 0.6) is 0 Å². The smallest absolute Gasteiger partial charge is 0.338 e. The predicted molar refractivity (Wildman–Crippen MR) is 172 cm³/mol. The van der Waals surface area contributed by atoms with Gasteiger partial charge in [0.2, 0.25) is 0 Å². The lowest BCUT2D eigenvalue weighted by atomic mass is 10.1. The van der Waals surface area contributed by atoms with Gasteiger partial charge in [0.1, 0.15) is 0 Å². The summed E-state index contributed by atoms with van der Waals surface area (Å²) in [5.41, 5.74) is 5.37. The van der Waals surface area contributed by atoms with E-state index in [1.165, 1.54) is 0 Å². The first-order valence-electron chi connectivity index (χ1n) is 15.5. The molecule has 0 heterocycles. The van der Waals surface area contributed by atoms with E-state index in [0.717, 1.165) is 61.0 Å². The molecule has 3 aromatic carbocycles. The SMILES string of the molecule is CCCCC(C)COC(=O)c1ccc(NCc2ccc(CNc3ccc(C(=O)OCC(C)CCCC)cc3)cc2)cc1. The normalized spacial score (nSPS) is 12.3. The summed E-state index contributed by atoms with van der Waals surface area (Å²) < 4.78 is 10.9. The Morgan fingerprint density at radius 2 is 0.952 bits per heavy atom. The number of hydrogen-bond acceptors (Lipinski definition) is 6. The molecule has 0 spiro atoms. The van der Waals surface area contributed by atoms with Gasteiger partial charge in [-0.05, 0) is 84.3 Å². The minimum Gasteiger partial charge on any atom is -0.462 e. The quantitative estimate of drug-likeness (QED) is 0.148. The molecular weight excluding hydrogens is 524 g/mol. The molecule has 0 saturated heterocycles. The molecule has 0 fully saturated rings. The van der Waals surface area contributed by atoms with Crippen LogP contribution in [-0.2, 0) is 22.6 Å². The summed E-state index contributed by atoms with van der Waals surface area (Å²) in [6.07, 6.45) is 6.79. The first-order valence-corrected chi connectivity index (χ1v) is 15.5. The first kappa shape index (κ1) is 32.7. The maximum atomic E-state index is 12.3. The van der Waals surface area contributed by atoms with Gasteiger partial charge in [0.15, 0.2) is 0 Å². The minimum absolute atomic E-state index is 0.268. The lowest BCUT2D eigenvalue weighted by Crippen LogP contribution is -2.12. The summed E-state index contributed by atoms with van der Waals surface area (Å²) in [7, 11) is 0. The van der Waals surface area contributed by atoms with Crippen molar-refractivity contribution in [1.29, 1.82) is 0 Å². The van der Waals surface area contributed by atoms with Crippen molar-refractivity contribution in [3.63, 3.8) is 0 Å². The van der Waals surface area contributed by atoms with E-state index in [1.54, 1.807) is 24.3 Å². The maximum Gasteiger partial charge on any atom is 0.338 e. The minimum atomic E-state index is -0.268. The molecule has 3 aromatic rings. The number of unbranched alkanes of at least 4 members (excludes halogenated alkanes) is 2. The Bertz CT molecular complexity index is 1110. The van der Waals surface area contributed by atoms with Gasteiger partial charge in [-0.2, -0.15) is 0 Å². The van der Waals surface area contributed by atoms with Crippen LogP contribution in [0.1, 0.15) is 98.1 Å². The van der Waals surface area contributed by atoms with Crippen molar-refractivity contribution < 1.29 is 19.1 Å². The van der Waals surface area contributed by atoms with Gasteiger partial charge in [-0.3, -0.25) is 0 Å². The maximum absolute atomic E-state index is 12.3. The Balaban J connectivity index is 1.38. The van der Waals surface area contributed by atoms with Gasteiger partial charge in [0, 0.05) is 24.5 Å². The fourth-order valence-corrected chi connectivity index (χ4v) is 4.51. The van der Waals surface area contributed by atoms with E-state index in [2.05, 4.69) is 62.6 Å². The van der Waals surface area contributed by atoms with Crippen molar-refractivity contribution in [3.8, 4) is 0 Å². The molecule has 0 aliphatic rings. The van der Waals surface area contributed by atoms with E-state index in [9.17, 15) is 9.59 Å². The van der Waals surface area contributed by atoms with Crippen molar-refractivity contribution in [2.75, 3.05) is 23.8 Å². The van der Waals surface area contributed by atoms with E-state index in [0.29, 0.717) is 49.3 Å². The molecular formula is C36H48N2O4. The molecule has 6 nitrogen and oxygen atoms in total. The first-order chi connectivity index (χ1) is 20.4. The lowest BCUT2D eigenvalue weighted by molar-refractivity contribution is 0.0434. The number of ether oxygens (including phenoxy) is 2. The van der Waals surface area contributed by atoms with E-state index in [4.69, 9.17) is 9.47 Å². The number of rotatable bonds is 18. The molecule has 0 amide bonds. The zero-order chi connectivity index (χ0) is 30.2. The van der Waals surface area contributed by atoms with Crippen LogP contribution in [0.3, 0.4) is 0 Å². The third kappa shape index (κ3) is 11.6. The number of benzene rings is 3. The van der Waals surface area contributed by atoms with Crippen molar-refractivity contribution in [2.24, 2.45) is 11.8 Å². The number of esters is 2. The summed E-state index contributed by atoms with van der Waals surface area (Å²) in [5, 5.41) is 6.82. The fraction of sp³-hybridized carbons (Fsp3) is 0.444. The number of anilines is 2. The van der Waals surface area contributed by atoms with Crippen LogP contribution in [0, 0.1) is 11.8 Å². The van der Waals surface area contributed by atoms with Gasteiger partial charge < -0.3 is 20.1 Å². The molecule has 0 saturated carbocycles. The molecule has 2 atom stereocenters. The Kier molecular flexibility index (Phi) is 13.9. The Labute approximate surface area is 252 Å². The average Bonchev–Trinajstić information content (AvgIpc) is 3.03. The number of nitrogens with one attached hydrogen (secondary N) is 2. The highest BCUT2D eigenvalue weighted by Gasteiger charge is 2.11. The van der Waals surface area contributed by atoms with Crippen LogP contribution in [0.4, 0.5) is 11.4 Å². The van der Waals surface area contributed by atoms with Gasteiger partial charge in [0.25, 0.3) is 0 Å². The second-order valence-corrected chi connectivity index (χ2v) is 11.4. The van der Waals surface area contributed by atoms with Crippen LogP contribution in [0.2, 0.25) is 0 Å². The summed E-state index contributed by atoms with van der Waals surface area (Å²) in [6.45, 7) is 10.9. The van der Waals surface area contributed by atoms with Crippen LogP contribution < -0.4 is 10.6 Å². The van der Waals surface area contributed by atoms with Gasteiger partial charge in [0.05, 0.1) is 24.3 Å². The molecule has 0 radical (unpaired) electrons. The standard InChI is InChI=1S/C36H48N2O4/c1-5-7-9-27(3)25-41-35(39)31-15-19-33(20-16-31)37-23-29-11-13-30(14-12-29)24-38-34-21-17-32(18-22-34)36(40)42-26-28(4)10-8-6-2/h11-22,27-28,37-38H,5-10,23-26H2,1-4H3. The Morgan fingerprint density at radius 3 is 1.29 bits per heavy atom. The summed E-state index contributed by atoms with van der Waals surface area (Å²) in [6, 6.07) is 23.3. The lowest BCUT2D eigenvalue weighted by Gasteiger charge is -2.12. The summed E-state index contributed by atoms with van der Waals surface area (Å²) in [5.74, 6) is 0.232. The summed E-state index contributed by atoms with van der Waals surface area (Å²) in [4.78, 5) is 24.7. The van der Waals surface area contributed by atoms with Gasteiger partial charge in [-0.25, -0.2) is 9.59 Å². The largest absolute Gasteiger partial charge is 0.462 e. The Hall–Kier alpha value is -3.80. The van der Waals surface area contributed by atoms with Gasteiger partial charge in [-0.15, -0.1) is 0 Å². The highest BCUT2D eigenvalue weighted by molar-refractivity contribution is 5.90. The third-order valence-corrected chi connectivity index (χ3v) is 7.36. The molecule has 42 heavy (non-hydrogen) atoms. The van der Waals surface area contributed by atoms with Crippen LogP contribution in [0.15, 0.2) is 72.8 Å². The Morgan fingerprint density at radius 1 is 0.595 bits per heavy atom. The predicted octanol–water partition coefficient (Wildman–Crippen LogP) is 8.88. The van der Waals surface area contributed by atoms with Crippen molar-refractivity contribution in [1.82, 2.24) is 0 Å². The van der Waals surface area contributed by atoms with E-state index >= 15 is 0 Å². The highest BCUT2D eigenvalue weighted by atomic mass is 16.5. The van der Waals surface area contributed by atoms with Crippen molar-refractivity contribution in [2.45, 2.75) is 79.3 Å². The number of carbonyl (C=O) groups excluding carboxylic acids is 2. The van der Waals surface area contributed by atoms with Crippen molar-refractivity contribution in [3.05, 3.63) is 95.1 Å². The molecule has 2 N–H and O–H groups in total. The van der Waals surface area contributed by atoms with Gasteiger partial charge >= 0.3 is 11.9 Å². The molecule has 6 heteroatoms. The van der Waals surface area contributed by atoms with Crippen molar-refractivity contribution >= 4 is 23.3 Å². The van der Waals surface area contributed by atoms with Crippen LogP contribution in [0.25, 0.3) is 0 Å². The fourth-order valence-electron chi connectivity index (χ4n) is 4.51. The zero-order valence-corrected chi connectivity index (χ0v) is 25.8. The molecule has 226 valence electrons. The van der Waals surface area contributed by atoms with Crippen LogP contribution in [-0.4, -0.2) is 25.2 Å². The molecule has 0 aromatic heterocycles. The van der Waals surface area contributed by atoms with E-state index < -0.39 is 0 Å². The average molecular weight is 573 g/mol. The second-order valence-electron chi connectivity index (χ2n) is 11.4. The monoisotopic (exact) mass is 572 g/mol. The zero-order valence-electron chi connectivity index (χ0n) is 25.8. The topological polar surface area (TPSA) is 76.7 Å². The highest BCUT2D eigenvalue weighted by Crippen LogP contribution is 2.16. The molecule has 0 aliphatic carbocycles. The number of carbonyl (C=O) groups is 2. The molecule has 3 rings (SSSR count). The van der Waals surface area contributed by atoms with Crippen LogP contribution >= 0.6 is 0 Å². The molecule has 0 aliphatic heterocycles. The van der Waals surface area contributed by atoms with Gasteiger partial charge in [-0.1, -0.05) is 77.6 Å². The molecule has 2 unspecified atom stereocenters. The van der Waals surface area contributed by atoms with E-state index in [1.807, 2.05) is 24.3 Å².